The Kier molecular flexibility index (Phi) is 4.35. The molecule has 2 aromatic rings. The van der Waals surface area contributed by atoms with Gasteiger partial charge in [0.2, 0.25) is 0 Å². The lowest BCUT2D eigenvalue weighted by molar-refractivity contribution is 0.355. The van der Waals surface area contributed by atoms with Gasteiger partial charge in [0.25, 0.3) is 0 Å². The van der Waals surface area contributed by atoms with E-state index in [1.165, 1.54) is 11.1 Å². The highest BCUT2D eigenvalue weighted by atomic mass is 16.5. The zero-order valence-electron chi connectivity index (χ0n) is 12.1. The number of hydrogen-bond donors (Lipinski definition) is 2. The number of hydrogen-bond acceptors (Lipinski definition) is 4. The largest absolute Gasteiger partial charge is 0.493 e. The zero-order valence-corrected chi connectivity index (χ0v) is 12.1. The monoisotopic (exact) mass is 272 g/mol. The smallest absolute Gasteiger partial charge is 0.162 e. The molecule has 106 valence electrons. The van der Waals surface area contributed by atoms with E-state index in [-0.39, 0.29) is 0 Å². The Bertz CT molecular complexity index is 580. The summed E-state index contributed by atoms with van der Waals surface area (Å²) in [7, 11) is 3.20. The predicted molar refractivity (Wildman–Crippen MR) is 82.5 cm³/mol. The Morgan fingerprint density at radius 1 is 1.00 bits per heavy atom. The summed E-state index contributed by atoms with van der Waals surface area (Å²) < 4.78 is 10.5. The first-order chi connectivity index (χ1) is 9.63. The van der Waals surface area contributed by atoms with Crippen molar-refractivity contribution >= 4 is 11.4 Å². The Morgan fingerprint density at radius 3 is 2.20 bits per heavy atom. The number of rotatable bonds is 5. The average molecular weight is 272 g/mol. The lowest BCUT2D eigenvalue weighted by Gasteiger charge is -2.14. The number of nitrogens with one attached hydrogen (secondary N) is 1. The fraction of sp³-hybridized carbons (Fsp3) is 0.250. The molecule has 0 radical (unpaired) electrons. The topological polar surface area (TPSA) is 56.5 Å². The highest BCUT2D eigenvalue weighted by Gasteiger charge is 2.08. The van der Waals surface area contributed by atoms with E-state index in [4.69, 9.17) is 15.2 Å². The SMILES string of the molecule is COc1cc(N)c(NCc2ccc(C)cc2)cc1OC. The lowest BCUT2D eigenvalue weighted by atomic mass is 10.1. The molecule has 3 N–H and O–H groups in total. The summed E-state index contributed by atoms with van der Waals surface area (Å²) in [5, 5.41) is 3.31. The average Bonchev–Trinajstić information content (AvgIpc) is 2.47. The van der Waals surface area contributed by atoms with E-state index < -0.39 is 0 Å². The van der Waals surface area contributed by atoms with E-state index in [0.29, 0.717) is 23.7 Å². The van der Waals surface area contributed by atoms with Gasteiger partial charge < -0.3 is 20.5 Å². The second-order valence-electron chi connectivity index (χ2n) is 4.63. The first-order valence-corrected chi connectivity index (χ1v) is 6.45. The first-order valence-electron chi connectivity index (χ1n) is 6.45. The minimum atomic E-state index is 0.630. The van der Waals surface area contributed by atoms with Gasteiger partial charge >= 0.3 is 0 Å². The molecular formula is C16H20N2O2. The number of nitrogen functional groups attached to an aromatic ring is 1. The van der Waals surface area contributed by atoms with Crippen LogP contribution in [0.5, 0.6) is 11.5 Å². The van der Waals surface area contributed by atoms with Gasteiger partial charge in [0, 0.05) is 18.7 Å². The zero-order chi connectivity index (χ0) is 14.5. The quantitative estimate of drug-likeness (QED) is 0.821. The molecule has 0 aliphatic heterocycles. The minimum absolute atomic E-state index is 0.630. The molecule has 0 unspecified atom stereocenters. The van der Waals surface area contributed by atoms with Crippen LogP contribution >= 0.6 is 0 Å². The molecule has 0 heterocycles. The van der Waals surface area contributed by atoms with E-state index in [1.54, 1.807) is 20.3 Å². The third kappa shape index (κ3) is 3.15. The van der Waals surface area contributed by atoms with Crippen LogP contribution in [-0.2, 0) is 6.54 Å². The molecule has 20 heavy (non-hydrogen) atoms. The molecule has 0 atom stereocenters. The molecular weight excluding hydrogens is 252 g/mol. The van der Waals surface area contributed by atoms with Crippen LogP contribution in [0.25, 0.3) is 0 Å². The molecule has 0 amide bonds. The number of ether oxygens (including phenoxy) is 2. The molecule has 0 spiro atoms. The standard InChI is InChI=1S/C16H20N2O2/c1-11-4-6-12(7-5-11)10-18-14-9-16(20-3)15(19-2)8-13(14)17/h4-9,18H,10,17H2,1-3H3. The van der Waals surface area contributed by atoms with Crippen molar-refractivity contribution in [2.24, 2.45) is 0 Å². The number of methoxy groups -OCH3 is 2. The normalized spacial score (nSPS) is 10.2. The number of nitrogens with two attached hydrogens (primary N) is 1. The van der Waals surface area contributed by atoms with Crippen molar-refractivity contribution in [3.8, 4) is 11.5 Å². The summed E-state index contributed by atoms with van der Waals surface area (Å²) in [6, 6.07) is 12.0. The van der Waals surface area contributed by atoms with Gasteiger partial charge in [0.1, 0.15) is 0 Å². The maximum absolute atomic E-state index is 6.01. The van der Waals surface area contributed by atoms with Crippen molar-refractivity contribution in [1.29, 1.82) is 0 Å². The molecule has 2 aromatic carbocycles. The number of aryl methyl sites for hydroxylation is 1. The second-order valence-corrected chi connectivity index (χ2v) is 4.63. The molecule has 0 aromatic heterocycles. The predicted octanol–water partition coefficient (Wildman–Crippen LogP) is 3.21. The first kappa shape index (κ1) is 14.1. The third-order valence-electron chi connectivity index (χ3n) is 3.16. The maximum Gasteiger partial charge on any atom is 0.162 e. The summed E-state index contributed by atoms with van der Waals surface area (Å²) in [6.07, 6.45) is 0. The Morgan fingerprint density at radius 2 is 1.60 bits per heavy atom. The fourth-order valence-corrected chi connectivity index (χ4v) is 1.95. The van der Waals surface area contributed by atoms with Crippen molar-refractivity contribution in [3.63, 3.8) is 0 Å². The molecule has 0 aliphatic rings. The van der Waals surface area contributed by atoms with Crippen LogP contribution in [-0.4, -0.2) is 14.2 Å². The van der Waals surface area contributed by atoms with Crippen molar-refractivity contribution in [3.05, 3.63) is 47.5 Å². The van der Waals surface area contributed by atoms with Gasteiger partial charge in [0.05, 0.1) is 25.6 Å². The molecule has 4 nitrogen and oxygen atoms in total. The van der Waals surface area contributed by atoms with Gasteiger partial charge in [-0.3, -0.25) is 0 Å². The van der Waals surface area contributed by atoms with Crippen LogP contribution in [0.15, 0.2) is 36.4 Å². The Balaban J connectivity index is 2.14. The Labute approximate surface area is 119 Å². The van der Waals surface area contributed by atoms with Crippen LogP contribution in [0.2, 0.25) is 0 Å². The van der Waals surface area contributed by atoms with Crippen molar-refractivity contribution < 1.29 is 9.47 Å². The van der Waals surface area contributed by atoms with E-state index in [9.17, 15) is 0 Å². The molecule has 4 heteroatoms. The molecule has 0 fully saturated rings. The maximum atomic E-state index is 6.01. The highest BCUT2D eigenvalue weighted by Crippen LogP contribution is 2.34. The fourth-order valence-electron chi connectivity index (χ4n) is 1.95. The van der Waals surface area contributed by atoms with Gasteiger partial charge in [-0.05, 0) is 12.5 Å². The summed E-state index contributed by atoms with van der Waals surface area (Å²) in [5.74, 6) is 1.29. The summed E-state index contributed by atoms with van der Waals surface area (Å²) in [5.41, 5.74) is 9.93. The summed E-state index contributed by atoms with van der Waals surface area (Å²) >= 11 is 0. The molecule has 0 bridgehead atoms. The van der Waals surface area contributed by atoms with Gasteiger partial charge in [-0.1, -0.05) is 29.8 Å². The molecule has 0 saturated heterocycles. The van der Waals surface area contributed by atoms with Gasteiger partial charge in [-0.2, -0.15) is 0 Å². The van der Waals surface area contributed by atoms with Gasteiger partial charge in [-0.25, -0.2) is 0 Å². The minimum Gasteiger partial charge on any atom is -0.493 e. The summed E-state index contributed by atoms with van der Waals surface area (Å²) in [6.45, 7) is 2.78. The van der Waals surface area contributed by atoms with Crippen LogP contribution in [0.4, 0.5) is 11.4 Å². The summed E-state index contributed by atoms with van der Waals surface area (Å²) in [4.78, 5) is 0. The van der Waals surface area contributed by atoms with Crippen molar-refractivity contribution in [1.82, 2.24) is 0 Å². The van der Waals surface area contributed by atoms with Gasteiger partial charge in [-0.15, -0.1) is 0 Å². The second kappa shape index (κ2) is 6.19. The number of benzene rings is 2. The van der Waals surface area contributed by atoms with E-state index >= 15 is 0 Å². The van der Waals surface area contributed by atoms with Gasteiger partial charge in [0.15, 0.2) is 11.5 Å². The van der Waals surface area contributed by atoms with E-state index in [0.717, 1.165) is 5.69 Å². The van der Waals surface area contributed by atoms with Crippen molar-refractivity contribution in [2.45, 2.75) is 13.5 Å². The number of anilines is 2. The molecule has 2 rings (SSSR count). The lowest BCUT2D eigenvalue weighted by Crippen LogP contribution is -2.03. The van der Waals surface area contributed by atoms with Crippen LogP contribution < -0.4 is 20.5 Å². The van der Waals surface area contributed by atoms with Crippen LogP contribution in [0.1, 0.15) is 11.1 Å². The van der Waals surface area contributed by atoms with Crippen molar-refractivity contribution in [2.75, 3.05) is 25.3 Å². The molecule has 0 aliphatic carbocycles. The highest BCUT2D eigenvalue weighted by molar-refractivity contribution is 5.72. The van der Waals surface area contributed by atoms with E-state index in [2.05, 4.69) is 36.5 Å². The third-order valence-corrected chi connectivity index (χ3v) is 3.16. The van der Waals surface area contributed by atoms with E-state index in [1.807, 2.05) is 6.07 Å². The van der Waals surface area contributed by atoms with Crippen LogP contribution in [0, 0.1) is 6.92 Å². The molecule has 0 saturated carbocycles. The van der Waals surface area contributed by atoms with Crippen LogP contribution in [0.3, 0.4) is 0 Å². The Hall–Kier alpha value is -2.36.